The minimum atomic E-state index is -0.204. The van der Waals surface area contributed by atoms with Crippen LogP contribution in [0, 0.1) is 0 Å². The number of nitrogens with one attached hydrogen (secondary N) is 2. The number of carbonyl (C=O) groups excluding carboxylic acids is 2. The average molecular weight is 501 g/mol. The molecule has 0 radical (unpaired) electrons. The highest BCUT2D eigenvalue weighted by atomic mass is 79.9. The van der Waals surface area contributed by atoms with Crippen molar-refractivity contribution < 1.29 is 14.3 Å². The van der Waals surface area contributed by atoms with Gasteiger partial charge in [0.05, 0.1) is 18.8 Å². The van der Waals surface area contributed by atoms with Crippen LogP contribution in [0.2, 0.25) is 0 Å². The van der Waals surface area contributed by atoms with Gasteiger partial charge in [0.1, 0.15) is 0 Å². The molecule has 2 heterocycles. The van der Waals surface area contributed by atoms with Crippen LogP contribution in [0.5, 0.6) is 0 Å². The van der Waals surface area contributed by atoms with Crippen molar-refractivity contribution in [3.05, 3.63) is 58.1 Å². The minimum Gasteiger partial charge on any atom is -0.379 e. The molecule has 2 saturated heterocycles. The maximum atomic E-state index is 13.1. The van der Waals surface area contributed by atoms with Crippen LogP contribution < -0.4 is 15.5 Å². The van der Waals surface area contributed by atoms with Crippen molar-refractivity contribution in [2.24, 2.45) is 0 Å². The molecule has 170 valence electrons. The monoisotopic (exact) mass is 500 g/mol. The summed E-state index contributed by atoms with van der Waals surface area (Å²) in [6, 6.07) is 12.8. The third-order valence-electron chi connectivity index (χ3n) is 5.87. The number of amides is 2. The number of halogens is 1. The fourth-order valence-corrected chi connectivity index (χ4v) is 4.35. The van der Waals surface area contributed by atoms with E-state index in [4.69, 9.17) is 4.74 Å². The topological polar surface area (TPSA) is 73.9 Å². The van der Waals surface area contributed by atoms with Gasteiger partial charge in [0, 0.05) is 60.7 Å². The van der Waals surface area contributed by atoms with E-state index in [1.807, 2.05) is 24.3 Å². The van der Waals surface area contributed by atoms with Crippen LogP contribution in [0.4, 0.5) is 11.4 Å². The second-order valence-corrected chi connectivity index (χ2v) is 9.01. The second kappa shape index (κ2) is 10.9. The van der Waals surface area contributed by atoms with Gasteiger partial charge in [-0.3, -0.25) is 14.5 Å². The summed E-state index contributed by atoms with van der Waals surface area (Å²) in [5.41, 5.74) is 2.70. The predicted octanol–water partition coefficient (Wildman–Crippen LogP) is 3.36. The molecule has 2 amide bonds. The molecule has 4 rings (SSSR count). The Morgan fingerprint density at radius 1 is 0.938 bits per heavy atom. The number of rotatable bonds is 7. The Morgan fingerprint density at radius 2 is 1.66 bits per heavy atom. The Morgan fingerprint density at radius 3 is 2.38 bits per heavy atom. The lowest BCUT2D eigenvalue weighted by Crippen LogP contribution is -2.41. The number of hydrogen-bond donors (Lipinski definition) is 2. The summed E-state index contributed by atoms with van der Waals surface area (Å²) in [4.78, 5) is 30.3. The van der Waals surface area contributed by atoms with Crippen molar-refractivity contribution in [3.63, 3.8) is 0 Å². The summed E-state index contributed by atoms with van der Waals surface area (Å²) in [5.74, 6) is -0.315. The molecule has 2 aromatic rings. The smallest absolute Gasteiger partial charge is 0.255 e. The van der Waals surface area contributed by atoms with E-state index in [1.165, 1.54) is 0 Å². The SMILES string of the molecule is O=C(Nc1ccc(N2CCCC2)c(C(=O)NCCN2CCOCC2)c1)c1ccc(Br)cc1. The number of anilines is 2. The molecule has 2 aliphatic heterocycles. The highest BCUT2D eigenvalue weighted by Crippen LogP contribution is 2.28. The van der Waals surface area contributed by atoms with E-state index in [-0.39, 0.29) is 11.8 Å². The highest BCUT2D eigenvalue weighted by molar-refractivity contribution is 9.10. The van der Waals surface area contributed by atoms with Crippen LogP contribution in [0.15, 0.2) is 46.9 Å². The van der Waals surface area contributed by atoms with Crippen LogP contribution in [0.25, 0.3) is 0 Å². The molecule has 0 bridgehead atoms. The van der Waals surface area contributed by atoms with Gasteiger partial charge in [-0.05, 0) is 55.3 Å². The molecule has 2 aliphatic rings. The van der Waals surface area contributed by atoms with Gasteiger partial charge in [0.2, 0.25) is 0 Å². The van der Waals surface area contributed by atoms with Crippen molar-refractivity contribution in [3.8, 4) is 0 Å². The van der Waals surface area contributed by atoms with Gasteiger partial charge < -0.3 is 20.3 Å². The molecule has 0 aliphatic carbocycles. The van der Waals surface area contributed by atoms with Crippen molar-refractivity contribution in [2.45, 2.75) is 12.8 Å². The van der Waals surface area contributed by atoms with E-state index in [0.29, 0.717) is 23.4 Å². The number of carbonyl (C=O) groups is 2. The Bertz CT molecular complexity index is 939. The van der Waals surface area contributed by atoms with Gasteiger partial charge in [-0.25, -0.2) is 0 Å². The largest absolute Gasteiger partial charge is 0.379 e. The van der Waals surface area contributed by atoms with Gasteiger partial charge in [0.15, 0.2) is 0 Å². The Balaban J connectivity index is 1.46. The average Bonchev–Trinajstić information content (AvgIpc) is 3.35. The van der Waals surface area contributed by atoms with Crippen molar-refractivity contribution in [1.82, 2.24) is 10.2 Å². The molecule has 8 heteroatoms. The maximum Gasteiger partial charge on any atom is 0.255 e. The second-order valence-electron chi connectivity index (χ2n) is 8.10. The summed E-state index contributed by atoms with van der Waals surface area (Å²) < 4.78 is 6.30. The zero-order valence-corrected chi connectivity index (χ0v) is 19.7. The number of benzene rings is 2. The molecule has 2 N–H and O–H groups in total. The first kappa shape index (κ1) is 22.8. The van der Waals surface area contributed by atoms with E-state index < -0.39 is 0 Å². The summed E-state index contributed by atoms with van der Waals surface area (Å²) in [6.45, 7) is 6.54. The third-order valence-corrected chi connectivity index (χ3v) is 6.40. The van der Waals surface area contributed by atoms with Gasteiger partial charge in [-0.2, -0.15) is 0 Å². The van der Waals surface area contributed by atoms with E-state index in [9.17, 15) is 9.59 Å². The van der Waals surface area contributed by atoms with Crippen LogP contribution in [0.1, 0.15) is 33.6 Å². The number of hydrogen-bond acceptors (Lipinski definition) is 5. The number of nitrogens with zero attached hydrogens (tertiary/aromatic N) is 2. The first-order valence-corrected chi connectivity index (χ1v) is 11.9. The Kier molecular flexibility index (Phi) is 7.78. The molecule has 0 spiro atoms. The van der Waals surface area contributed by atoms with Crippen LogP contribution >= 0.6 is 15.9 Å². The Hall–Kier alpha value is -2.42. The van der Waals surface area contributed by atoms with Gasteiger partial charge in [-0.15, -0.1) is 0 Å². The predicted molar refractivity (Wildman–Crippen MR) is 130 cm³/mol. The first-order valence-electron chi connectivity index (χ1n) is 11.1. The summed E-state index contributed by atoms with van der Waals surface area (Å²) in [6.07, 6.45) is 2.25. The highest BCUT2D eigenvalue weighted by Gasteiger charge is 2.21. The quantitative estimate of drug-likeness (QED) is 0.609. The lowest BCUT2D eigenvalue weighted by Gasteiger charge is -2.26. The van der Waals surface area contributed by atoms with E-state index in [1.54, 1.807) is 18.2 Å². The van der Waals surface area contributed by atoms with Gasteiger partial charge in [0.25, 0.3) is 11.8 Å². The zero-order valence-electron chi connectivity index (χ0n) is 18.1. The normalized spacial score (nSPS) is 16.7. The summed E-state index contributed by atoms with van der Waals surface area (Å²) >= 11 is 3.38. The molecule has 32 heavy (non-hydrogen) atoms. The molecule has 0 saturated carbocycles. The van der Waals surface area contributed by atoms with Crippen LogP contribution in [0.3, 0.4) is 0 Å². The molecule has 0 unspecified atom stereocenters. The lowest BCUT2D eigenvalue weighted by molar-refractivity contribution is 0.0383. The van der Waals surface area contributed by atoms with Crippen molar-refractivity contribution in [2.75, 3.05) is 62.7 Å². The summed E-state index contributed by atoms with van der Waals surface area (Å²) in [5, 5.41) is 5.99. The standard InChI is InChI=1S/C24H29BrN4O3/c25-19-5-3-18(4-6-19)23(30)27-20-7-8-22(29-10-1-2-11-29)21(17-20)24(31)26-9-12-28-13-15-32-16-14-28/h3-8,17H,1-2,9-16H2,(H,26,31)(H,27,30). The van der Waals surface area contributed by atoms with E-state index in [2.05, 4.69) is 36.4 Å². The molecular formula is C24H29BrN4O3. The number of ether oxygens (including phenoxy) is 1. The van der Waals surface area contributed by atoms with Crippen molar-refractivity contribution >= 4 is 39.1 Å². The third kappa shape index (κ3) is 5.88. The molecule has 2 aromatic carbocycles. The fourth-order valence-electron chi connectivity index (χ4n) is 4.08. The molecular weight excluding hydrogens is 472 g/mol. The van der Waals surface area contributed by atoms with Gasteiger partial charge >= 0.3 is 0 Å². The fraction of sp³-hybridized carbons (Fsp3) is 0.417. The van der Waals surface area contributed by atoms with E-state index in [0.717, 1.165) is 68.9 Å². The molecule has 0 aromatic heterocycles. The number of morpholine rings is 1. The first-order chi connectivity index (χ1) is 15.6. The molecule has 7 nitrogen and oxygen atoms in total. The molecule has 2 fully saturated rings. The van der Waals surface area contributed by atoms with Crippen LogP contribution in [-0.2, 0) is 4.74 Å². The summed E-state index contributed by atoms with van der Waals surface area (Å²) in [7, 11) is 0. The van der Waals surface area contributed by atoms with Crippen molar-refractivity contribution in [1.29, 1.82) is 0 Å². The van der Waals surface area contributed by atoms with Crippen LogP contribution in [-0.4, -0.2) is 69.2 Å². The maximum absolute atomic E-state index is 13.1. The molecule has 0 atom stereocenters. The minimum absolute atomic E-state index is 0.111. The Labute approximate surface area is 197 Å². The van der Waals surface area contributed by atoms with E-state index >= 15 is 0 Å². The van der Waals surface area contributed by atoms with Gasteiger partial charge in [-0.1, -0.05) is 15.9 Å². The lowest BCUT2D eigenvalue weighted by atomic mass is 10.1. The zero-order chi connectivity index (χ0) is 22.3.